The van der Waals surface area contributed by atoms with E-state index in [1.54, 1.807) is 0 Å². The Morgan fingerprint density at radius 1 is 1.07 bits per heavy atom. The van der Waals surface area contributed by atoms with Gasteiger partial charge in [0.05, 0.1) is 18.9 Å². The molecule has 1 aromatic heterocycles. The molecule has 0 amide bonds. The summed E-state index contributed by atoms with van der Waals surface area (Å²) in [5.41, 5.74) is 3.93. The quantitative estimate of drug-likeness (QED) is 0.777. The molecule has 2 aliphatic rings. The molecule has 1 aromatic carbocycles. The lowest BCUT2D eigenvalue weighted by Crippen LogP contribution is -2.31. The Morgan fingerprint density at radius 2 is 1.76 bits per heavy atom. The normalized spacial score (nSPS) is 19.0. The third kappa shape index (κ3) is 4.45. The number of aromatic nitrogens is 1. The van der Waals surface area contributed by atoms with Gasteiger partial charge in [-0.15, -0.1) is 0 Å². The zero-order chi connectivity index (χ0) is 20.3. The second-order valence-corrected chi connectivity index (χ2v) is 8.09. The van der Waals surface area contributed by atoms with Crippen LogP contribution in [0.4, 0.5) is 11.4 Å². The number of benzene rings is 1. The molecule has 3 heterocycles. The topological polar surface area (TPSA) is 64.5 Å². The summed E-state index contributed by atoms with van der Waals surface area (Å²) in [6.07, 6.45) is 3.60. The van der Waals surface area contributed by atoms with Crippen LogP contribution in [0.1, 0.15) is 24.5 Å². The van der Waals surface area contributed by atoms with Gasteiger partial charge in [-0.05, 0) is 37.1 Å². The molecule has 2 saturated heterocycles. The van der Waals surface area contributed by atoms with Crippen molar-refractivity contribution >= 4 is 23.6 Å². The maximum Gasteiger partial charge on any atom is 0.169 e. The minimum absolute atomic E-state index is 0.500. The second-order valence-electron chi connectivity index (χ2n) is 7.68. The van der Waals surface area contributed by atoms with Crippen LogP contribution < -0.4 is 9.80 Å². The van der Waals surface area contributed by atoms with Crippen molar-refractivity contribution in [2.24, 2.45) is 0 Å². The molecular weight excluding hydrogens is 384 g/mol. The number of nitrogens with one attached hydrogen (secondary N) is 1. The van der Waals surface area contributed by atoms with Gasteiger partial charge in [0.2, 0.25) is 0 Å². The molecular formula is C22H26N4O2S. The van der Waals surface area contributed by atoms with Crippen molar-refractivity contribution in [3.8, 4) is 6.07 Å². The van der Waals surface area contributed by atoms with Crippen LogP contribution in [0.5, 0.6) is 0 Å². The van der Waals surface area contributed by atoms with Gasteiger partial charge in [-0.1, -0.05) is 24.4 Å². The van der Waals surface area contributed by atoms with E-state index in [1.807, 2.05) is 19.2 Å². The maximum absolute atomic E-state index is 9.48. The number of aromatic amines is 1. The van der Waals surface area contributed by atoms with E-state index >= 15 is 0 Å². The molecule has 0 atom stereocenters. The van der Waals surface area contributed by atoms with Gasteiger partial charge < -0.3 is 24.3 Å². The lowest BCUT2D eigenvalue weighted by molar-refractivity contribution is -0.140. The number of anilines is 2. The molecule has 6 nitrogen and oxygen atoms in total. The van der Waals surface area contributed by atoms with Gasteiger partial charge in [-0.25, -0.2) is 0 Å². The number of nitrogens with zero attached hydrogens (tertiary/aromatic N) is 3. The maximum atomic E-state index is 9.48. The van der Waals surface area contributed by atoms with Crippen LogP contribution >= 0.6 is 12.2 Å². The minimum Gasteiger partial charge on any atom is -0.370 e. The molecule has 0 saturated carbocycles. The Morgan fingerprint density at radius 3 is 2.48 bits per heavy atom. The first-order valence-corrected chi connectivity index (χ1v) is 10.5. The third-order valence-electron chi connectivity index (χ3n) is 5.61. The van der Waals surface area contributed by atoms with Crippen LogP contribution in [-0.2, 0) is 15.9 Å². The number of pyridine rings is 1. The van der Waals surface area contributed by atoms with Gasteiger partial charge >= 0.3 is 0 Å². The highest BCUT2D eigenvalue weighted by Gasteiger charge is 2.31. The fraction of sp³-hybridized carbons (Fsp3) is 0.455. The predicted octanol–water partition coefficient (Wildman–Crippen LogP) is 3.64. The molecule has 152 valence electrons. The lowest BCUT2D eigenvalue weighted by Gasteiger charge is -2.26. The molecule has 0 spiro atoms. The first kappa shape index (κ1) is 19.9. The van der Waals surface area contributed by atoms with Crippen molar-refractivity contribution in [2.75, 3.05) is 49.2 Å². The summed E-state index contributed by atoms with van der Waals surface area (Å²) >= 11 is 5.28. The Bertz CT molecular complexity index is 945. The number of H-pyrrole nitrogens is 1. The Labute approximate surface area is 176 Å². The molecule has 0 unspecified atom stereocenters. The van der Waals surface area contributed by atoms with E-state index in [2.05, 4.69) is 45.1 Å². The molecule has 0 bridgehead atoms. The number of ether oxygens (including phenoxy) is 2. The average molecular weight is 411 g/mol. The highest BCUT2D eigenvalue weighted by Crippen LogP contribution is 2.26. The molecule has 2 aliphatic heterocycles. The van der Waals surface area contributed by atoms with Crippen LogP contribution in [0.25, 0.3) is 0 Å². The van der Waals surface area contributed by atoms with E-state index in [0.29, 0.717) is 23.4 Å². The van der Waals surface area contributed by atoms with Crippen LogP contribution in [0.15, 0.2) is 36.5 Å². The monoisotopic (exact) mass is 410 g/mol. The molecule has 1 N–H and O–H groups in total. The van der Waals surface area contributed by atoms with Crippen LogP contribution in [0.3, 0.4) is 0 Å². The summed E-state index contributed by atoms with van der Waals surface area (Å²) in [7, 11) is 0. The fourth-order valence-electron chi connectivity index (χ4n) is 4.11. The predicted molar refractivity (Wildman–Crippen MR) is 116 cm³/mol. The van der Waals surface area contributed by atoms with Crippen LogP contribution in [-0.4, -0.2) is 50.2 Å². The first-order valence-electron chi connectivity index (χ1n) is 10.1. The smallest absolute Gasteiger partial charge is 0.169 e. The van der Waals surface area contributed by atoms with Gasteiger partial charge in [-0.2, -0.15) is 5.26 Å². The van der Waals surface area contributed by atoms with E-state index in [4.69, 9.17) is 21.7 Å². The number of hydrogen-bond acceptors (Lipinski definition) is 6. The van der Waals surface area contributed by atoms with Crippen LogP contribution in [0.2, 0.25) is 0 Å². The molecule has 0 radical (unpaired) electrons. The largest absolute Gasteiger partial charge is 0.370 e. The highest BCUT2D eigenvalue weighted by molar-refractivity contribution is 7.71. The summed E-state index contributed by atoms with van der Waals surface area (Å²) < 4.78 is 11.9. The summed E-state index contributed by atoms with van der Waals surface area (Å²) in [6, 6.07) is 12.9. The Kier molecular flexibility index (Phi) is 5.86. The van der Waals surface area contributed by atoms with Crippen molar-refractivity contribution < 1.29 is 9.47 Å². The Hall–Kier alpha value is -2.40. The number of hydrogen-bond donors (Lipinski definition) is 1. The molecule has 2 fully saturated rings. The zero-order valence-electron chi connectivity index (χ0n) is 16.7. The van der Waals surface area contributed by atoms with Gasteiger partial charge in [0.1, 0.15) is 16.3 Å². The zero-order valence-corrected chi connectivity index (χ0v) is 17.5. The molecule has 7 heteroatoms. The minimum atomic E-state index is -0.500. The molecule has 4 rings (SSSR count). The summed E-state index contributed by atoms with van der Waals surface area (Å²) in [6.45, 7) is 6.99. The summed E-state index contributed by atoms with van der Waals surface area (Å²) in [4.78, 5) is 7.63. The van der Waals surface area contributed by atoms with Crippen molar-refractivity contribution in [1.29, 1.82) is 5.26 Å². The first-order chi connectivity index (χ1) is 14.1. The standard InChI is InChI=1S/C22H26N4O2S/c1-22(27-13-14-28-22)15-17-3-5-18(6-4-17)25-9-2-10-26(12-11-25)20-7-8-24-21(29)19(20)16-23/h3-8H,2,9-15H2,1H3,(H,24,29). The van der Waals surface area contributed by atoms with Crippen LogP contribution in [0, 0.1) is 16.0 Å². The average Bonchev–Trinajstić information content (AvgIpc) is 3.00. The van der Waals surface area contributed by atoms with Gasteiger partial charge in [0.25, 0.3) is 0 Å². The van der Waals surface area contributed by atoms with Crippen molar-refractivity contribution in [2.45, 2.75) is 25.6 Å². The molecule has 29 heavy (non-hydrogen) atoms. The SMILES string of the molecule is CC1(Cc2ccc(N3CCCN(c4cc[nH]c(=S)c4C#N)CC3)cc2)OCCO1. The Balaban J connectivity index is 1.43. The van der Waals surface area contributed by atoms with Crippen molar-refractivity contribution in [3.05, 3.63) is 52.3 Å². The van der Waals surface area contributed by atoms with Gasteiger partial charge in [0.15, 0.2) is 5.79 Å². The van der Waals surface area contributed by atoms with E-state index in [-0.39, 0.29) is 0 Å². The summed E-state index contributed by atoms with van der Waals surface area (Å²) in [5, 5.41) is 9.48. The fourth-order valence-corrected chi connectivity index (χ4v) is 4.33. The van der Waals surface area contributed by atoms with Crippen molar-refractivity contribution in [1.82, 2.24) is 4.98 Å². The second kappa shape index (κ2) is 8.54. The number of rotatable bonds is 4. The number of nitriles is 1. The lowest BCUT2D eigenvalue weighted by atomic mass is 10.1. The third-order valence-corrected chi connectivity index (χ3v) is 5.93. The molecule has 2 aromatic rings. The highest BCUT2D eigenvalue weighted by atomic mass is 32.1. The van der Waals surface area contributed by atoms with E-state index in [9.17, 15) is 5.26 Å². The summed E-state index contributed by atoms with van der Waals surface area (Å²) in [5.74, 6) is -0.500. The molecule has 0 aliphatic carbocycles. The van der Waals surface area contributed by atoms with E-state index in [1.165, 1.54) is 11.3 Å². The van der Waals surface area contributed by atoms with E-state index in [0.717, 1.165) is 44.7 Å². The van der Waals surface area contributed by atoms with Gasteiger partial charge in [0, 0.05) is 44.5 Å². The van der Waals surface area contributed by atoms with Crippen molar-refractivity contribution in [3.63, 3.8) is 0 Å². The van der Waals surface area contributed by atoms with Gasteiger partial charge in [-0.3, -0.25) is 0 Å². The van der Waals surface area contributed by atoms with E-state index < -0.39 is 5.79 Å².